The Labute approximate surface area is 115 Å². The number of methoxy groups -OCH3 is 2. The van der Waals surface area contributed by atoms with Gasteiger partial charge in [-0.25, -0.2) is 0 Å². The second-order valence-electron chi connectivity index (χ2n) is 5.04. The van der Waals surface area contributed by atoms with Gasteiger partial charge in [-0.3, -0.25) is 0 Å². The van der Waals surface area contributed by atoms with Gasteiger partial charge in [0.25, 0.3) is 0 Å². The molecule has 0 aliphatic rings. The van der Waals surface area contributed by atoms with Crippen LogP contribution in [0.3, 0.4) is 0 Å². The molecule has 19 heavy (non-hydrogen) atoms. The van der Waals surface area contributed by atoms with Crippen molar-refractivity contribution < 1.29 is 14.7 Å². The van der Waals surface area contributed by atoms with Gasteiger partial charge in [-0.1, -0.05) is 30.7 Å². The normalized spacial score (nSPS) is 11.0. The van der Waals surface area contributed by atoms with Gasteiger partial charge in [0.15, 0.2) is 11.5 Å². The van der Waals surface area contributed by atoms with Crippen molar-refractivity contribution in [3.63, 3.8) is 0 Å². The van der Waals surface area contributed by atoms with E-state index in [4.69, 9.17) is 14.7 Å². The maximum atomic E-state index is 8.72. The van der Waals surface area contributed by atoms with Crippen molar-refractivity contribution in [3.8, 4) is 23.0 Å². The highest BCUT2D eigenvalue weighted by Crippen LogP contribution is 2.29. The summed E-state index contributed by atoms with van der Waals surface area (Å²) < 4.78 is 10.5. The lowest BCUT2D eigenvalue weighted by molar-refractivity contribution is 0.321. The molecule has 1 N–H and O–H groups in total. The Morgan fingerprint density at radius 1 is 1.16 bits per heavy atom. The third-order valence-electron chi connectivity index (χ3n) is 2.32. The van der Waals surface area contributed by atoms with Gasteiger partial charge in [-0.2, -0.15) is 0 Å². The lowest BCUT2D eigenvalue weighted by Gasteiger charge is -2.10. The van der Waals surface area contributed by atoms with Crippen LogP contribution in [-0.4, -0.2) is 33.7 Å². The Hall–Kier alpha value is -1.93. The van der Waals surface area contributed by atoms with Gasteiger partial charge in [0.05, 0.1) is 20.4 Å². The van der Waals surface area contributed by atoms with Gasteiger partial charge < -0.3 is 14.7 Å². The van der Waals surface area contributed by atoms with Crippen LogP contribution in [0.4, 0.5) is 0 Å². The van der Waals surface area contributed by atoms with E-state index in [1.54, 1.807) is 26.4 Å². The average Bonchev–Trinajstić information content (AvgIpc) is 2.36. The fraction of sp³-hybridized carbons (Fsp3) is 0.357. The first-order valence-corrected chi connectivity index (χ1v) is 9.38. The highest BCUT2D eigenvalue weighted by molar-refractivity contribution is 6.83. The molecule has 1 rings (SSSR count). The van der Waals surface area contributed by atoms with E-state index < -0.39 is 8.07 Å². The highest BCUT2D eigenvalue weighted by Gasteiger charge is 2.11. The largest absolute Gasteiger partial charge is 0.493 e. The van der Waals surface area contributed by atoms with Crippen molar-refractivity contribution in [3.05, 3.63) is 23.3 Å². The molecule has 0 saturated heterocycles. The summed E-state index contributed by atoms with van der Waals surface area (Å²) in [5.41, 5.74) is 4.74. The zero-order valence-corrected chi connectivity index (χ0v) is 12.9. The van der Waals surface area contributed by atoms with Crippen LogP contribution in [0.15, 0.2) is 17.3 Å². The molecular formula is C14H19NO3Si. The lowest BCUT2D eigenvalue weighted by atomic mass is 10.1. The monoisotopic (exact) mass is 277 g/mol. The van der Waals surface area contributed by atoms with E-state index in [1.807, 2.05) is 0 Å². The number of benzene rings is 1. The molecule has 0 amide bonds. The Balaban J connectivity index is 3.38. The van der Waals surface area contributed by atoms with Crippen LogP contribution < -0.4 is 9.47 Å². The Morgan fingerprint density at radius 3 is 2.21 bits per heavy atom. The average molecular weight is 277 g/mol. The number of ether oxygens (including phenoxy) is 2. The molecule has 5 heteroatoms. The fourth-order valence-corrected chi connectivity index (χ4v) is 1.94. The highest BCUT2D eigenvalue weighted by atomic mass is 28.3. The van der Waals surface area contributed by atoms with Crippen molar-refractivity contribution in [1.82, 2.24) is 0 Å². The zero-order chi connectivity index (χ0) is 14.5. The molecule has 0 bridgehead atoms. The van der Waals surface area contributed by atoms with Crippen molar-refractivity contribution >= 4 is 14.3 Å². The van der Waals surface area contributed by atoms with Crippen molar-refractivity contribution in [2.75, 3.05) is 14.2 Å². The van der Waals surface area contributed by atoms with E-state index >= 15 is 0 Å². The molecule has 102 valence electrons. The first-order chi connectivity index (χ1) is 8.91. The first-order valence-electron chi connectivity index (χ1n) is 5.88. The summed E-state index contributed by atoms with van der Waals surface area (Å²) >= 11 is 0. The van der Waals surface area contributed by atoms with E-state index in [9.17, 15) is 0 Å². The molecule has 0 radical (unpaired) electrons. The molecule has 0 unspecified atom stereocenters. The Morgan fingerprint density at radius 2 is 1.74 bits per heavy atom. The van der Waals surface area contributed by atoms with E-state index in [0.717, 1.165) is 5.56 Å². The van der Waals surface area contributed by atoms with Crippen molar-refractivity contribution in [2.24, 2.45) is 5.16 Å². The quantitative estimate of drug-likeness (QED) is 0.304. The predicted molar refractivity (Wildman–Crippen MR) is 79.2 cm³/mol. The molecule has 0 aliphatic heterocycles. The molecule has 1 aromatic carbocycles. The van der Waals surface area contributed by atoms with Crippen LogP contribution >= 0.6 is 0 Å². The van der Waals surface area contributed by atoms with Gasteiger partial charge in [0.1, 0.15) is 8.07 Å². The third-order valence-corrected chi connectivity index (χ3v) is 3.20. The van der Waals surface area contributed by atoms with Crippen LogP contribution in [0.1, 0.15) is 11.1 Å². The van der Waals surface area contributed by atoms with Crippen LogP contribution in [0.25, 0.3) is 0 Å². The molecular weight excluding hydrogens is 258 g/mol. The second kappa shape index (κ2) is 6.30. The molecule has 0 heterocycles. The van der Waals surface area contributed by atoms with Gasteiger partial charge >= 0.3 is 0 Å². The van der Waals surface area contributed by atoms with Crippen LogP contribution in [0.2, 0.25) is 19.6 Å². The summed E-state index contributed by atoms with van der Waals surface area (Å²) in [6.45, 7) is 6.50. The number of hydrogen-bond acceptors (Lipinski definition) is 4. The topological polar surface area (TPSA) is 51.0 Å². The molecule has 4 nitrogen and oxygen atoms in total. The van der Waals surface area contributed by atoms with E-state index in [0.29, 0.717) is 17.1 Å². The SMILES string of the molecule is COc1cc(C#C[Si](C)(C)C)c(/C=N/O)cc1OC. The zero-order valence-electron chi connectivity index (χ0n) is 11.9. The summed E-state index contributed by atoms with van der Waals surface area (Å²) in [6, 6.07) is 3.54. The predicted octanol–water partition coefficient (Wildman–Crippen LogP) is 2.74. The number of rotatable bonds is 3. The third kappa shape index (κ3) is 4.34. The summed E-state index contributed by atoms with van der Waals surface area (Å²) in [4.78, 5) is 0. The summed E-state index contributed by atoms with van der Waals surface area (Å²) in [6.07, 6.45) is 1.34. The minimum absolute atomic E-state index is 0.580. The number of hydrogen-bond donors (Lipinski definition) is 1. The fourth-order valence-electron chi connectivity index (χ4n) is 1.43. The van der Waals surface area contributed by atoms with Gasteiger partial charge in [-0.05, 0) is 6.07 Å². The molecule has 0 saturated carbocycles. The Kier molecular flexibility index (Phi) is 5.01. The molecule has 1 aromatic rings. The smallest absolute Gasteiger partial charge is 0.162 e. The summed E-state index contributed by atoms with van der Waals surface area (Å²) in [5, 5.41) is 11.8. The maximum absolute atomic E-state index is 8.72. The van der Waals surface area contributed by atoms with Gasteiger partial charge in [0, 0.05) is 17.2 Å². The van der Waals surface area contributed by atoms with Gasteiger partial charge in [0.2, 0.25) is 0 Å². The van der Waals surface area contributed by atoms with Crippen LogP contribution in [0, 0.1) is 11.5 Å². The second-order valence-corrected chi connectivity index (χ2v) is 9.79. The molecule has 0 aromatic heterocycles. The standard InChI is InChI=1S/C14H19NO3Si/c1-17-13-8-11(6-7-19(3,4)5)12(10-15-16)9-14(13)18-2/h8-10,16H,1-5H3/b15-10+. The van der Waals surface area contributed by atoms with Crippen molar-refractivity contribution in [1.29, 1.82) is 0 Å². The number of oxime groups is 1. The van der Waals surface area contributed by atoms with Gasteiger partial charge in [-0.15, -0.1) is 5.54 Å². The minimum Gasteiger partial charge on any atom is -0.493 e. The summed E-state index contributed by atoms with van der Waals surface area (Å²) in [5.74, 6) is 4.33. The molecule has 0 atom stereocenters. The molecule has 0 fully saturated rings. The Bertz CT molecular complexity index is 536. The van der Waals surface area contributed by atoms with Crippen LogP contribution in [-0.2, 0) is 0 Å². The van der Waals surface area contributed by atoms with Crippen LogP contribution in [0.5, 0.6) is 11.5 Å². The number of nitrogens with zero attached hydrogens (tertiary/aromatic N) is 1. The summed E-state index contributed by atoms with van der Waals surface area (Å²) in [7, 11) is 1.66. The molecule has 0 aliphatic carbocycles. The van der Waals surface area contributed by atoms with E-state index in [-0.39, 0.29) is 0 Å². The lowest BCUT2D eigenvalue weighted by Crippen LogP contribution is -2.16. The van der Waals surface area contributed by atoms with E-state index in [2.05, 4.69) is 36.3 Å². The first kappa shape index (κ1) is 15.1. The maximum Gasteiger partial charge on any atom is 0.162 e. The van der Waals surface area contributed by atoms with Crippen molar-refractivity contribution in [2.45, 2.75) is 19.6 Å². The molecule has 0 spiro atoms. The minimum atomic E-state index is -1.48. The van der Waals surface area contributed by atoms with E-state index in [1.165, 1.54) is 6.21 Å².